The van der Waals surface area contributed by atoms with Crippen molar-refractivity contribution in [3.05, 3.63) is 158 Å². The molecule has 0 radical (unpaired) electrons. The summed E-state index contributed by atoms with van der Waals surface area (Å²) in [5.74, 6) is -1.58. The number of hydrogen-bond acceptors (Lipinski definition) is 6. The van der Waals surface area contributed by atoms with Crippen molar-refractivity contribution in [2.75, 3.05) is 0 Å². The van der Waals surface area contributed by atoms with Crippen molar-refractivity contribution in [3.8, 4) is 22.3 Å². The number of carbonyl (C=O) groups excluding carboxylic acids is 4. The molecule has 5 aromatic carbocycles. The highest BCUT2D eigenvalue weighted by atomic mass is 16.6. The third-order valence-corrected chi connectivity index (χ3v) is 7.95. The lowest BCUT2D eigenvalue weighted by molar-refractivity contribution is -0.384. The zero-order chi connectivity index (χ0) is 30.5. The predicted molar refractivity (Wildman–Crippen MR) is 161 cm³/mol. The fourth-order valence-corrected chi connectivity index (χ4v) is 5.97. The number of carbonyl (C=O) groups is 4. The number of amides is 2. The minimum Gasteiger partial charge on any atom is -0.328 e. The maximum atomic E-state index is 13.9. The van der Waals surface area contributed by atoms with Gasteiger partial charge in [-0.25, -0.2) is 0 Å². The quantitative estimate of drug-likeness (QED) is 0.144. The zero-order valence-electron chi connectivity index (χ0n) is 22.9. The Labute approximate surface area is 250 Å². The normalized spacial score (nSPS) is 12.3. The fourth-order valence-electron chi connectivity index (χ4n) is 5.97. The molecule has 0 saturated carbocycles. The molecule has 2 amide bonds. The Kier molecular flexibility index (Phi) is 6.21. The number of nitro groups is 1. The van der Waals surface area contributed by atoms with E-state index in [2.05, 4.69) is 10.6 Å². The lowest BCUT2D eigenvalue weighted by atomic mass is 9.98. The zero-order valence-corrected chi connectivity index (χ0v) is 22.9. The number of fused-ring (bicyclic) bond motifs is 6. The lowest BCUT2D eigenvalue weighted by Gasteiger charge is -2.22. The van der Waals surface area contributed by atoms with E-state index in [1.807, 2.05) is 0 Å². The highest BCUT2D eigenvalue weighted by Gasteiger charge is 2.33. The topological polar surface area (TPSA) is 135 Å². The van der Waals surface area contributed by atoms with Crippen LogP contribution in [0, 0.1) is 10.1 Å². The Hall–Kier alpha value is -6.22. The van der Waals surface area contributed by atoms with Gasteiger partial charge >= 0.3 is 0 Å². The molecule has 212 valence electrons. The maximum absolute atomic E-state index is 13.9. The molecule has 9 nitrogen and oxygen atoms in total. The molecule has 2 aliphatic carbocycles. The molecule has 0 saturated heterocycles. The first-order valence-corrected chi connectivity index (χ1v) is 13.7. The average molecular weight is 580 g/mol. The van der Waals surface area contributed by atoms with Crippen LogP contribution in [0.2, 0.25) is 0 Å². The number of ketones is 2. The van der Waals surface area contributed by atoms with Crippen LogP contribution in [0.25, 0.3) is 22.3 Å². The van der Waals surface area contributed by atoms with E-state index < -0.39 is 22.9 Å². The Morgan fingerprint density at radius 2 is 1.00 bits per heavy atom. The van der Waals surface area contributed by atoms with Gasteiger partial charge in [0.2, 0.25) is 0 Å². The summed E-state index contributed by atoms with van der Waals surface area (Å²) in [4.78, 5) is 64.9. The predicted octanol–water partition coefficient (Wildman–Crippen LogP) is 5.88. The molecule has 0 fully saturated rings. The van der Waals surface area contributed by atoms with Crippen molar-refractivity contribution >= 4 is 29.1 Å². The molecule has 0 unspecified atom stereocenters. The SMILES string of the molecule is O=C(NC(NC(=O)c1cccc2c1-c1ccccc1C2=O)c1cccc([N+](=O)[O-])c1)c1cccc2c1-c1ccccc1C2=O. The van der Waals surface area contributed by atoms with Gasteiger partial charge in [-0.2, -0.15) is 0 Å². The molecule has 0 aliphatic heterocycles. The average Bonchev–Trinajstić information content (AvgIpc) is 3.51. The molecule has 2 aliphatic rings. The van der Waals surface area contributed by atoms with Crippen molar-refractivity contribution in [1.29, 1.82) is 0 Å². The van der Waals surface area contributed by atoms with Gasteiger partial charge in [-0.15, -0.1) is 0 Å². The first-order chi connectivity index (χ1) is 21.3. The van der Waals surface area contributed by atoms with Gasteiger partial charge in [-0.05, 0) is 23.3 Å². The van der Waals surface area contributed by atoms with Gasteiger partial charge in [0.15, 0.2) is 11.6 Å². The van der Waals surface area contributed by atoms with Crippen LogP contribution in [-0.2, 0) is 0 Å². The van der Waals surface area contributed by atoms with E-state index >= 15 is 0 Å². The van der Waals surface area contributed by atoms with Crippen LogP contribution >= 0.6 is 0 Å². The molecule has 0 bridgehead atoms. The first kappa shape index (κ1) is 26.7. The summed E-state index contributed by atoms with van der Waals surface area (Å²) in [6.07, 6.45) is -1.21. The van der Waals surface area contributed by atoms with Crippen LogP contribution in [0.1, 0.15) is 64.3 Å². The summed E-state index contributed by atoms with van der Waals surface area (Å²) in [7, 11) is 0. The summed E-state index contributed by atoms with van der Waals surface area (Å²) < 4.78 is 0. The van der Waals surface area contributed by atoms with Gasteiger partial charge in [-0.3, -0.25) is 29.3 Å². The number of hydrogen-bond donors (Lipinski definition) is 2. The van der Waals surface area contributed by atoms with E-state index in [4.69, 9.17) is 0 Å². The van der Waals surface area contributed by atoms with Crippen LogP contribution in [0.5, 0.6) is 0 Å². The first-order valence-electron chi connectivity index (χ1n) is 13.7. The standard InChI is InChI=1S/C35H21N3O6/c39-31-23-12-3-1-10-21(23)29-25(31)14-6-16-27(29)34(41)36-33(19-8-5-9-20(18-19)38(43)44)37-35(42)28-17-7-15-26-30(28)22-11-2-4-13-24(22)32(26)40/h1-18,33H,(H,36,41)(H,37,42). The summed E-state index contributed by atoms with van der Waals surface area (Å²) in [5.41, 5.74) is 4.40. The van der Waals surface area contributed by atoms with Gasteiger partial charge in [0.25, 0.3) is 17.5 Å². The van der Waals surface area contributed by atoms with Crippen molar-refractivity contribution < 1.29 is 24.1 Å². The van der Waals surface area contributed by atoms with Gasteiger partial charge in [0.1, 0.15) is 6.17 Å². The van der Waals surface area contributed by atoms with Gasteiger partial charge < -0.3 is 10.6 Å². The van der Waals surface area contributed by atoms with Crippen molar-refractivity contribution in [2.24, 2.45) is 0 Å². The number of nitrogens with zero attached hydrogens (tertiary/aromatic N) is 1. The Morgan fingerprint density at radius 3 is 1.48 bits per heavy atom. The van der Waals surface area contributed by atoms with Crippen LogP contribution in [0.3, 0.4) is 0 Å². The fraction of sp³-hybridized carbons (Fsp3) is 0.0286. The molecular weight excluding hydrogens is 558 g/mol. The van der Waals surface area contributed by atoms with E-state index in [-0.39, 0.29) is 33.9 Å². The number of non-ortho nitro benzene ring substituents is 1. The molecule has 0 heterocycles. The minimum atomic E-state index is -1.21. The van der Waals surface area contributed by atoms with Gasteiger partial charge in [0, 0.05) is 62.2 Å². The Balaban J connectivity index is 1.28. The van der Waals surface area contributed by atoms with Gasteiger partial charge in [0.05, 0.1) is 4.92 Å². The highest BCUT2D eigenvalue weighted by Crippen LogP contribution is 2.40. The second-order valence-corrected chi connectivity index (χ2v) is 10.4. The molecule has 7 rings (SSSR count). The third kappa shape index (κ3) is 4.18. The van der Waals surface area contributed by atoms with Crippen LogP contribution in [0.15, 0.2) is 109 Å². The molecule has 9 heteroatoms. The third-order valence-electron chi connectivity index (χ3n) is 7.95. The summed E-state index contributed by atoms with van der Waals surface area (Å²) >= 11 is 0. The second kappa shape index (κ2) is 10.2. The van der Waals surface area contributed by atoms with E-state index in [1.54, 1.807) is 91.0 Å². The van der Waals surface area contributed by atoms with E-state index in [1.165, 1.54) is 18.2 Å². The molecule has 44 heavy (non-hydrogen) atoms. The lowest BCUT2D eigenvalue weighted by Crippen LogP contribution is -2.41. The van der Waals surface area contributed by atoms with Crippen molar-refractivity contribution in [1.82, 2.24) is 10.6 Å². The molecule has 0 atom stereocenters. The molecule has 0 aromatic heterocycles. The summed E-state index contributed by atoms with van der Waals surface area (Å²) in [6.45, 7) is 0. The van der Waals surface area contributed by atoms with Crippen molar-refractivity contribution in [3.63, 3.8) is 0 Å². The maximum Gasteiger partial charge on any atom is 0.269 e. The number of nitro benzene ring substituents is 1. The van der Waals surface area contributed by atoms with E-state index in [0.29, 0.717) is 44.5 Å². The summed E-state index contributed by atoms with van der Waals surface area (Å²) in [6, 6.07) is 29.3. The number of rotatable bonds is 6. The molecule has 0 spiro atoms. The second-order valence-electron chi connectivity index (χ2n) is 10.4. The minimum absolute atomic E-state index is 0.193. The monoisotopic (exact) mass is 579 g/mol. The smallest absolute Gasteiger partial charge is 0.269 e. The van der Waals surface area contributed by atoms with E-state index in [9.17, 15) is 29.3 Å². The van der Waals surface area contributed by atoms with Gasteiger partial charge in [-0.1, -0.05) is 84.9 Å². The van der Waals surface area contributed by atoms with Crippen LogP contribution in [-0.4, -0.2) is 28.3 Å². The van der Waals surface area contributed by atoms with E-state index in [0.717, 1.165) is 0 Å². The largest absolute Gasteiger partial charge is 0.328 e. The molecule has 2 N–H and O–H groups in total. The van der Waals surface area contributed by atoms with Crippen molar-refractivity contribution in [2.45, 2.75) is 6.17 Å². The molecule has 5 aromatic rings. The number of benzene rings is 5. The Morgan fingerprint density at radius 1 is 0.568 bits per heavy atom. The van der Waals surface area contributed by atoms with Crippen LogP contribution in [0.4, 0.5) is 5.69 Å². The number of nitrogens with one attached hydrogen (secondary N) is 2. The Bertz CT molecular complexity index is 1980. The van der Waals surface area contributed by atoms with Crippen LogP contribution < -0.4 is 10.6 Å². The highest BCUT2D eigenvalue weighted by molar-refractivity contribution is 6.25. The molecular formula is C35H21N3O6. The summed E-state index contributed by atoms with van der Waals surface area (Å²) in [5, 5.41) is 17.2.